The fraction of sp³-hybridized carbons (Fsp3) is 0.680. The van der Waals surface area contributed by atoms with Gasteiger partial charge in [0.1, 0.15) is 5.78 Å². The van der Waals surface area contributed by atoms with Crippen LogP contribution in [0.1, 0.15) is 107 Å². The van der Waals surface area contributed by atoms with E-state index in [1.807, 2.05) is 12.1 Å². The number of methoxy groups -OCH3 is 1. The molecule has 4 nitrogen and oxygen atoms in total. The Morgan fingerprint density at radius 2 is 1.83 bits per heavy atom. The molecule has 1 N–H and O–H groups in total. The molecule has 2 rings (SSSR count). The molecule has 1 saturated carbocycles. The largest absolute Gasteiger partial charge is 0.469 e. The van der Waals surface area contributed by atoms with Crippen LogP contribution in [0.3, 0.4) is 0 Å². The lowest BCUT2D eigenvalue weighted by Crippen LogP contribution is -2.13. The summed E-state index contributed by atoms with van der Waals surface area (Å²) in [4.78, 5) is 23.6. The van der Waals surface area contributed by atoms with Gasteiger partial charge in [-0.15, -0.1) is 0 Å². The molecule has 1 aliphatic carbocycles. The summed E-state index contributed by atoms with van der Waals surface area (Å²) in [5, 5.41) is 10.4. The molecule has 162 valence electrons. The molecular formula is C25H38O4. The van der Waals surface area contributed by atoms with E-state index in [0.717, 1.165) is 69.8 Å². The Kier molecular flexibility index (Phi) is 10.4. The van der Waals surface area contributed by atoms with Crippen LogP contribution in [0.15, 0.2) is 24.3 Å². The normalized spacial score (nSPS) is 20.0. The quantitative estimate of drug-likeness (QED) is 0.331. The number of carbonyl (C=O) groups excluding carboxylic acids is 2. The monoisotopic (exact) mass is 402 g/mol. The predicted molar refractivity (Wildman–Crippen MR) is 116 cm³/mol. The highest BCUT2D eigenvalue weighted by Crippen LogP contribution is 2.40. The summed E-state index contributed by atoms with van der Waals surface area (Å²) in [5.41, 5.74) is 2.22. The lowest BCUT2D eigenvalue weighted by Gasteiger charge is -2.20. The average Bonchev–Trinajstić information content (AvgIpc) is 3.10. The number of ether oxygens (including phenoxy) is 1. The summed E-state index contributed by atoms with van der Waals surface area (Å²) >= 11 is 0. The van der Waals surface area contributed by atoms with Crippen molar-refractivity contribution in [3.8, 4) is 0 Å². The van der Waals surface area contributed by atoms with Gasteiger partial charge in [-0.25, -0.2) is 0 Å². The first-order valence-electron chi connectivity index (χ1n) is 11.4. The van der Waals surface area contributed by atoms with E-state index in [1.54, 1.807) is 0 Å². The minimum Gasteiger partial charge on any atom is -0.469 e. The van der Waals surface area contributed by atoms with Gasteiger partial charge in [0, 0.05) is 18.8 Å². The fourth-order valence-electron chi connectivity index (χ4n) is 4.48. The van der Waals surface area contributed by atoms with Crippen molar-refractivity contribution in [2.75, 3.05) is 7.11 Å². The molecule has 0 radical (unpaired) electrons. The number of ketones is 1. The van der Waals surface area contributed by atoms with Gasteiger partial charge < -0.3 is 9.84 Å². The van der Waals surface area contributed by atoms with E-state index in [1.165, 1.54) is 12.7 Å². The van der Waals surface area contributed by atoms with E-state index >= 15 is 0 Å². The zero-order chi connectivity index (χ0) is 21.1. The number of aliphatic hydroxyl groups is 1. The number of carbonyl (C=O) groups is 2. The molecule has 0 aromatic heterocycles. The maximum absolute atomic E-state index is 12.4. The number of aliphatic hydroxyl groups excluding tert-OH is 1. The molecule has 0 heterocycles. The third kappa shape index (κ3) is 7.58. The second-order valence-corrected chi connectivity index (χ2v) is 8.43. The Morgan fingerprint density at radius 3 is 2.52 bits per heavy atom. The second kappa shape index (κ2) is 12.8. The number of unbranched alkanes of at least 4 members (excludes halogenated alkanes) is 5. The van der Waals surface area contributed by atoms with Crippen LogP contribution in [0.2, 0.25) is 0 Å². The van der Waals surface area contributed by atoms with E-state index in [9.17, 15) is 14.7 Å². The van der Waals surface area contributed by atoms with Gasteiger partial charge in [0.25, 0.3) is 0 Å². The van der Waals surface area contributed by atoms with Crippen LogP contribution in [0.25, 0.3) is 0 Å². The van der Waals surface area contributed by atoms with E-state index in [0.29, 0.717) is 24.5 Å². The molecule has 0 spiro atoms. The standard InChI is InChI=1S/C25H38O4/c1-3-4-7-11-23(26)20-15-13-19(14-16-20)21-17-18-24(27)22(21)10-8-5-6-9-12-25(28)29-2/h13-16,21-23,26H,3-12,17-18H2,1-2H3/t21-,22-,23?/m1/s1. The lowest BCUT2D eigenvalue weighted by atomic mass is 9.84. The van der Waals surface area contributed by atoms with Crippen molar-refractivity contribution in [1.82, 2.24) is 0 Å². The number of esters is 1. The van der Waals surface area contributed by atoms with E-state index in [4.69, 9.17) is 0 Å². The van der Waals surface area contributed by atoms with Gasteiger partial charge in [-0.1, -0.05) is 69.7 Å². The Hall–Kier alpha value is -1.68. The molecule has 3 atom stereocenters. The highest BCUT2D eigenvalue weighted by atomic mass is 16.5. The van der Waals surface area contributed by atoms with Gasteiger partial charge >= 0.3 is 5.97 Å². The van der Waals surface area contributed by atoms with E-state index < -0.39 is 0 Å². The molecule has 1 unspecified atom stereocenters. The lowest BCUT2D eigenvalue weighted by molar-refractivity contribution is -0.140. The van der Waals surface area contributed by atoms with Gasteiger partial charge in [0.05, 0.1) is 13.2 Å². The number of hydrogen-bond acceptors (Lipinski definition) is 4. The number of Topliss-reactive ketones (excluding diaryl/α,β-unsaturated/α-hetero) is 1. The van der Waals surface area contributed by atoms with Crippen molar-refractivity contribution in [3.63, 3.8) is 0 Å². The Labute approximate surface area is 176 Å². The number of rotatable bonds is 13. The van der Waals surface area contributed by atoms with Crippen LogP contribution in [-0.2, 0) is 14.3 Å². The number of benzene rings is 1. The zero-order valence-corrected chi connectivity index (χ0v) is 18.2. The first-order chi connectivity index (χ1) is 14.1. The topological polar surface area (TPSA) is 63.6 Å². The third-order valence-electron chi connectivity index (χ3n) is 6.31. The summed E-state index contributed by atoms with van der Waals surface area (Å²) in [6.07, 6.45) is 10.8. The summed E-state index contributed by atoms with van der Waals surface area (Å²) in [5.74, 6) is 0.683. The van der Waals surface area contributed by atoms with Crippen molar-refractivity contribution >= 4 is 11.8 Å². The summed E-state index contributed by atoms with van der Waals surface area (Å²) in [7, 11) is 1.42. The first kappa shape index (κ1) is 23.6. The minimum absolute atomic E-state index is 0.121. The van der Waals surface area contributed by atoms with Gasteiger partial charge in [0.15, 0.2) is 0 Å². The van der Waals surface area contributed by atoms with Gasteiger partial charge in [-0.3, -0.25) is 9.59 Å². The third-order valence-corrected chi connectivity index (χ3v) is 6.31. The molecule has 1 fully saturated rings. The fourth-order valence-corrected chi connectivity index (χ4v) is 4.48. The number of hydrogen-bond donors (Lipinski definition) is 1. The highest BCUT2D eigenvalue weighted by Gasteiger charge is 2.34. The van der Waals surface area contributed by atoms with Gasteiger partial charge in [-0.2, -0.15) is 0 Å². The molecule has 0 bridgehead atoms. The van der Waals surface area contributed by atoms with Gasteiger partial charge in [0.2, 0.25) is 0 Å². The molecule has 29 heavy (non-hydrogen) atoms. The average molecular weight is 403 g/mol. The molecule has 1 aromatic rings. The minimum atomic E-state index is -0.387. The van der Waals surface area contributed by atoms with Crippen molar-refractivity contribution in [2.45, 2.75) is 96.0 Å². The van der Waals surface area contributed by atoms with Crippen LogP contribution in [0.4, 0.5) is 0 Å². The second-order valence-electron chi connectivity index (χ2n) is 8.43. The zero-order valence-electron chi connectivity index (χ0n) is 18.2. The van der Waals surface area contributed by atoms with Crippen molar-refractivity contribution < 1.29 is 19.4 Å². The summed E-state index contributed by atoms with van der Waals surface area (Å²) in [6, 6.07) is 8.31. The smallest absolute Gasteiger partial charge is 0.305 e. The maximum Gasteiger partial charge on any atom is 0.305 e. The van der Waals surface area contributed by atoms with Crippen LogP contribution >= 0.6 is 0 Å². The molecule has 0 aliphatic heterocycles. The molecule has 0 saturated heterocycles. The van der Waals surface area contributed by atoms with Crippen LogP contribution in [0.5, 0.6) is 0 Å². The highest BCUT2D eigenvalue weighted by molar-refractivity contribution is 5.84. The van der Waals surface area contributed by atoms with Crippen LogP contribution < -0.4 is 0 Å². The maximum atomic E-state index is 12.4. The van der Waals surface area contributed by atoms with E-state index in [-0.39, 0.29) is 18.0 Å². The molecule has 1 aliphatic rings. The Morgan fingerprint density at radius 1 is 1.10 bits per heavy atom. The molecular weight excluding hydrogens is 364 g/mol. The van der Waals surface area contributed by atoms with Crippen LogP contribution in [-0.4, -0.2) is 24.0 Å². The molecule has 4 heteroatoms. The molecule has 0 amide bonds. The van der Waals surface area contributed by atoms with Crippen LogP contribution in [0, 0.1) is 5.92 Å². The summed E-state index contributed by atoms with van der Waals surface area (Å²) < 4.78 is 4.66. The summed E-state index contributed by atoms with van der Waals surface area (Å²) in [6.45, 7) is 2.17. The first-order valence-corrected chi connectivity index (χ1v) is 11.4. The van der Waals surface area contributed by atoms with Crippen molar-refractivity contribution in [2.24, 2.45) is 5.92 Å². The van der Waals surface area contributed by atoms with Crippen molar-refractivity contribution in [1.29, 1.82) is 0 Å². The Balaban J connectivity index is 1.82. The van der Waals surface area contributed by atoms with Crippen molar-refractivity contribution in [3.05, 3.63) is 35.4 Å². The predicted octanol–water partition coefficient (Wildman–Crippen LogP) is 5.88. The SMILES string of the molecule is CCCCCC(O)c1ccc([C@H]2CCC(=O)[C@@H]2CCCCCCC(=O)OC)cc1. The Bertz CT molecular complexity index is 622. The van der Waals surface area contributed by atoms with Gasteiger partial charge in [-0.05, 0) is 42.7 Å². The molecule has 1 aromatic carbocycles. The van der Waals surface area contributed by atoms with E-state index in [2.05, 4.69) is 23.8 Å².